The van der Waals surface area contributed by atoms with Gasteiger partial charge < -0.3 is 13.7 Å². The highest BCUT2D eigenvalue weighted by molar-refractivity contribution is 6.13. The van der Waals surface area contributed by atoms with Crippen molar-refractivity contribution in [3.63, 3.8) is 0 Å². The van der Waals surface area contributed by atoms with Gasteiger partial charge in [-0.1, -0.05) is 152 Å². The number of oxazole rings is 1. The predicted octanol–water partition coefficient (Wildman–Crippen LogP) is 15.4. The van der Waals surface area contributed by atoms with Crippen LogP contribution in [0.25, 0.3) is 93.8 Å². The zero-order chi connectivity index (χ0) is 38.2. The quantitative estimate of drug-likeness (QED) is 0.170. The Balaban J connectivity index is 1.01. The zero-order valence-corrected chi connectivity index (χ0v) is 31.3. The molecule has 0 saturated heterocycles. The van der Waals surface area contributed by atoms with E-state index in [1.165, 1.54) is 27.3 Å². The van der Waals surface area contributed by atoms with E-state index in [0.29, 0.717) is 0 Å². The molecule has 0 atom stereocenters. The fourth-order valence-electron chi connectivity index (χ4n) is 9.00. The number of aromatic nitrogens is 1. The smallest absolute Gasteiger partial charge is 0.213 e. The SMILES string of the molecule is c1ccc(-c2c3ccccc3n3c2oc2c(-c4ccc(N(c5ccc(-c6cccc7ccccc67)cc5)c5cccc6oc7ccccc7c56)cc4)cccc23)cc1. The molecule has 0 spiro atoms. The molecule has 12 aromatic rings. The Morgan fingerprint density at radius 2 is 0.966 bits per heavy atom. The summed E-state index contributed by atoms with van der Waals surface area (Å²) in [6.45, 7) is 0. The Kier molecular flexibility index (Phi) is 7.20. The summed E-state index contributed by atoms with van der Waals surface area (Å²) in [5.74, 6) is 0. The van der Waals surface area contributed by atoms with Crippen molar-refractivity contribution in [1.82, 2.24) is 4.40 Å². The van der Waals surface area contributed by atoms with E-state index in [1.807, 2.05) is 12.1 Å². The summed E-state index contributed by atoms with van der Waals surface area (Å²) >= 11 is 0. The first-order valence-electron chi connectivity index (χ1n) is 19.7. The van der Waals surface area contributed by atoms with E-state index in [1.54, 1.807) is 0 Å². The highest BCUT2D eigenvalue weighted by atomic mass is 16.3. The summed E-state index contributed by atoms with van der Waals surface area (Å²) in [6.07, 6.45) is 0. The first-order valence-corrected chi connectivity index (χ1v) is 19.7. The van der Waals surface area contributed by atoms with Crippen LogP contribution in [0.5, 0.6) is 0 Å². The number of nitrogens with zero attached hydrogens (tertiary/aromatic N) is 2. The van der Waals surface area contributed by atoms with Gasteiger partial charge in [-0.3, -0.25) is 4.40 Å². The van der Waals surface area contributed by atoms with Crippen molar-refractivity contribution >= 4 is 77.5 Å². The molecule has 0 aliphatic heterocycles. The van der Waals surface area contributed by atoms with Gasteiger partial charge in [-0.05, 0) is 87.6 Å². The Labute approximate surface area is 334 Å². The molecule has 58 heavy (non-hydrogen) atoms. The first kappa shape index (κ1) is 32.4. The van der Waals surface area contributed by atoms with Crippen molar-refractivity contribution in [2.75, 3.05) is 4.90 Å². The molecular weight excluding hydrogens is 709 g/mol. The molecule has 0 radical (unpaired) electrons. The molecule has 4 heteroatoms. The molecule has 0 aliphatic carbocycles. The maximum Gasteiger partial charge on any atom is 0.213 e. The van der Waals surface area contributed by atoms with Gasteiger partial charge in [0.05, 0.1) is 27.7 Å². The van der Waals surface area contributed by atoms with Crippen LogP contribution in [0, 0.1) is 0 Å². The van der Waals surface area contributed by atoms with Crippen LogP contribution >= 0.6 is 0 Å². The van der Waals surface area contributed by atoms with Gasteiger partial charge >= 0.3 is 0 Å². The third-order valence-corrected chi connectivity index (χ3v) is 11.6. The molecular formula is C54H34N2O2. The van der Waals surface area contributed by atoms with E-state index >= 15 is 0 Å². The van der Waals surface area contributed by atoms with Crippen LogP contribution in [-0.4, -0.2) is 4.40 Å². The third kappa shape index (κ3) is 4.95. The average molecular weight is 743 g/mol. The Hall–Kier alpha value is -7.82. The molecule has 4 nitrogen and oxygen atoms in total. The lowest BCUT2D eigenvalue weighted by Gasteiger charge is -2.26. The number of rotatable bonds is 6. The monoisotopic (exact) mass is 742 g/mol. The predicted molar refractivity (Wildman–Crippen MR) is 240 cm³/mol. The Morgan fingerprint density at radius 1 is 0.379 bits per heavy atom. The van der Waals surface area contributed by atoms with Crippen molar-refractivity contribution in [1.29, 1.82) is 0 Å². The second-order valence-corrected chi connectivity index (χ2v) is 14.9. The lowest BCUT2D eigenvalue weighted by atomic mass is 9.98. The van der Waals surface area contributed by atoms with Crippen LogP contribution in [0.4, 0.5) is 17.1 Å². The lowest BCUT2D eigenvalue weighted by molar-refractivity contribution is 0.659. The number of hydrogen-bond donors (Lipinski definition) is 0. The fraction of sp³-hybridized carbons (Fsp3) is 0. The van der Waals surface area contributed by atoms with Crippen LogP contribution < -0.4 is 4.90 Å². The minimum absolute atomic E-state index is 0.852. The molecule has 3 aromatic heterocycles. The summed E-state index contributed by atoms with van der Waals surface area (Å²) in [5, 5.41) is 5.82. The standard InChI is InChI=1S/C54H34N2O2/c1-2-14-38(15-3-1)51-44-18-6-8-22-46(44)56-48-24-11-21-43(53(48)58-54(51)56)37-29-33-40(34-30-37)55(47-23-12-26-50-52(47)45-19-7-9-25-49(45)57-50)39-31-27-36(28-32-39)42-20-10-16-35-13-4-5-17-41(35)42/h1-34H. The molecule has 0 fully saturated rings. The lowest BCUT2D eigenvalue weighted by Crippen LogP contribution is -2.10. The van der Waals surface area contributed by atoms with Gasteiger partial charge in [0.2, 0.25) is 5.71 Å². The minimum Gasteiger partial charge on any atom is -0.456 e. The topological polar surface area (TPSA) is 33.9 Å². The molecule has 0 unspecified atom stereocenters. The second kappa shape index (κ2) is 12.9. The zero-order valence-electron chi connectivity index (χ0n) is 31.3. The Morgan fingerprint density at radius 3 is 1.78 bits per heavy atom. The van der Waals surface area contributed by atoms with E-state index in [0.717, 1.165) is 83.6 Å². The summed E-state index contributed by atoms with van der Waals surface area (Å²) in [7, 11) is 0. The maximum atomic E-state index is 6.92. The van der Waals surface area contributed by atoms with Crippen LogP contribution in [0.3, 0.4) is 0 Å². The highest BCUT2D eigenvalue weighted by Gasteiger charge is 2.23. The van der Waals surface area contributed by atoms with E-state index in [9.17, 15) is 0 Å². The van der Waals surface area contributed by atoms with Gasteiger partial charge in [0.15, 0.2) is 5.58 Å². The van der Waals surface area contributed by atoms with Crippen molar-refractivity contribution in [3.05, 3.63) is 206 Å². The summed E-state index contributed by atoms with van der Waals surface area (Å²) in [5.41, 5.74) is 15.5. The molecule has 0 bridgehead atoms. The van der Waals surface area contributed by atoms with Crippen molar-refractivity contribution in [2.24, 2.45) is 0 Å². The van der Waals surface area contributed by atoms with E-state index in [2.05, 4.69) is 203 Å². The first-order chi connectivity index (χ1) is 28.8. The van der Waals surface area contributed by atoms with Gasteiger partial charge in [-0.15, -0.1) is 0 Å². The number of anilines is 3. The molecule has 272 valence electrons. The molecule has 0 saturated carbocycles. The number of hydrogen-bond acceptors (Lipinski definition) is 3. The van der Waals surface area contributed by atoms with Gasteiger partial charge in [0.1, 0.15) is 11.2 Å². The largest absolute Gasteiger partial charge is 0.456 e. The number of benzene rings is 9. The molecule has 0 amide bonds. The normalized spacial score (nSPS) is 11.8. The average Bonchev–Trinajstić information content (AvgIpc) is 3.96. The van der Waals surface area contributed by atoms with E-state index in [4.69, 9.17) is 8.83 Å². The van der Waals surface area contributed by atoms with Crippen molar-refractivity contribution in [2.45, 2.75) is 0 Å². The third-order valence-electron chi connectivity index (χ3n) is 11.6. The van der Waals surface area contributed by atoms with Gasteiger partial charge in [0.25, 0.3) is 0 Å². The summed E-state index contributed by atoms with van der Waals surface area (Å²) in [6, 6.07) is 73.1. The molecule has 0 aliphatic rings. The number of fused-ring (bicyclic) bond motifs is 9. The number of furan rings is 1. The highest BCUT2D eigenvalue weighted by Crippen LogP contribution is 2.45. The van der Waals surface area contributed by atoms with Crippen LogP contribution in [0.2, 0.25) is 0 Å². The summed E-state index contributed by atoms with van der Waals surface area (Å²) in [4.78, 5) is 2.34. The molecule has 0 N–H and O–H groups in total. The van der Waals surface area contributed by atoms with Crippen LogP contribution in [-0.2, 0) is 0 Å². The number of para-hydroxylation sites is 3. The van der Waals surface area contributed by atoms with Crippen molar-refractivity contribution < 1.29 is 8.83 Å². The van der Waals surface area contributed by atoms with Crippen LogP contribution in [0.1, 0.15) is 0 Å². The summed E-state index contributed by atoms with van der Waals surface area (Å²) < 4.78 is 15.6. The van der Waals surface area contributed by atoms with Gasteiger partial charge in [-0.25, -0.2) is 0 Å². The fourth-order valence-corrected chi connectivity index (χ4v) is 9.00. The van der Waals surface area contributed by atoms with Gasteiger partial charge in [-0.2, -0.15) is 0 Å². The van der Waals surface area contributed by atoms with Crippen molar-refractivity contribution in [3.8, 4) is 33.4 Å². The molecule has 3 heterocycles. The van der Waals surface area contributed by atoms with E-state index in [-0.39, 0.29) is 0 Å². The molecule has 12 rings (SSSR count). The second-order valence-electron chi connectivity index (χ2n) is 14.9. The Bertz CT molecular complexity index is 3490. The maximum absolute atomic E-state index is 6.92. The van der Waals surface area contributed by atoms with Gasteiger partial charge in [0, 0.05) is 27.7 Å². The minimum atomic E-state index is 0.852. The van der Waals surface area contributed by atoms with Crippen LogP contribution in [0.15, 0.2) is 215 Å². The van der Waals surface area contributed by atoms with E-state index < -0.39 is 0 Å². The molecule has 9 aromatic carbocycles.